The number of morpholine rings is 1. The fourth-order valence-electron chi connectivity index (χ4n) is 3.10. The summed E-state index contributed by atoms with van der Waals surface area (Å²) in [7, 11) is 0. The second-order valence-corrected chi connectivity index (χ2v) is 6.76. The van der Waals surface area contributed by atoms with Crippen LogP contribution in [0.1, 0.15) is 11.1 Å². The largest absolute Gasteiger partial charge is 0.465 e. The maximum Gasteiger partial charge on any atom is 0.416 e. The summed E-state index contributed by atoms with van der Waals surface area (Å²) in [6.07, 6.45) is -3.50. The van der Waals surface area contributed by atoms with Crippen LogP contribution in [-0.4, -0.2) is 52.1 Å². The minimum atomic E-state index is -4.36. The molecule has 8 nitrogen and oxygen atoms in total. The number of alkyl halides is 3. The van der Waals surface area contributed by atoms with Gasteiger partial charge in [0, 0.05) is 19.6 Å². The molecule has 30 heavy (non-hydrogen) atoms. The molecule has 4 heterocycles. The molecular weight excluding hydrogens is 403 g/mol. The topological polar surface area (TPSA) is 92.0 Å². The summed E-state index contributed by atoms with van der Waals surface area (Å²) < 4.78 is 43.6. The number of amides is 1. The molecule has 3 aromatic heterocycles. The number of carboxylic acid groups (broad SMARTS) is 1. The second kappa shape index (κ2) is 7.82. The van der Waals surface area contributed by atoms with Crippen LogP contribution in [0, 0.1) is 0 Å². The van der Waals surface area contributed by atoms with E-state index in [0.717, 1.165) is 55.1 Å². The third-order valence-electron chi connectivity index (χ3n) is 4.71. The van der Waals surface area contributed by atoms with E-state index in [-0.39, 0.29) is 6.54 Å². The lowest BCUT2D eigenvalue weighted by Crippen LogP contribution is -2.35. The summed E-state index contributed by atoms with van der Waals surface area (Å²) in [5, 5.41) is 14.6. The van der Waals surface area contributed by atoms with Gasteiger partial charge >= 0.3 is 12.3 Å². The molecule has 0 bridgehead atoms. The van der Waals surface area contributed by atoms with Gasteiger partial charge in [-0.3, -0.25) is 0 Å². The molecule has 2 N–H and O–H groups in total. The van der Waals surface area contributed by atoms with Crippen molar-refractivity contribution in [2.24, 2.45) is 0 Å². The van der Waals surface area contributed by atoms with Crippen LogP contribution in [0.15, 0.2) is 36.5 Å². The summed E-state index contributed by atoms with van der Waals surface area (Å²) >= 11 is 0. The number of fused-ring (bicyclic) bond motifs is 3. The standard InChI is InChI=1S/C10H10N4O.C9H8F3NO2/c1-3-15-4-2-13(1)7-5-8-9-10(11-9)12-14(8)6-7;10-9(11,12)7-3-1-6(2-4-7)5-13-8(14)15/h5-6H,1-4H2;1-4,13H,5H2,(H,14,15). The van der Waals surface area contributed by atoms with E-state index in [0.29, 0.717) is 5.56 Å². The van der Waals surface area contributed by atoms with E-state index < -0.39 is 17.8 Å². The summed E-state index contributed by atoms with van der Waals surface area (Å²) in [6.45, 7) is 3.55. The van der Waals surface area contributed by atoms with Crippen LogP contribution in [0.2, 0.25) is 0 Å². The molecule has 0 radical (unpaired) electrons. The molecule has 0 atom stereocenters. The van der Waals surface area contributed by atoms with Crippen molar-refractivity contribution >= 4 is 28.5 Å². The van der Waals surface area contributed by atoms with Gasteiger partial charge in [-0.1, -0.05) is 12.1 Å². The molecular formula is C19H18F3N5O3. The monoisotopic (exact) mass is 421 g/mol. The fourth-order valence-corrected chi connectivity index (χ4v) is 3.10. The number of carbonyl (C=O) groups is 1. The van der Waals surface area contributed by atoms with Crippen molar-refractivity contribution in [3.8, 4) is 0 Å². The number of nitrogens with zero attached hydrogens (tertiary/aromatic N) is 4. The Hall–Kier alpha value is -3.34. The van der Waals surface area contributed by atoms with Gasteiger partial charge in [-0.15, -0.1) is 5.10 Å². The normalized spacial score (nSPS) is 14.8. The lowest BCUT2D eigenvalue weighted by molar-refractivity contribution is -0.137. The average Bonchev–Trinajstić information content (AvgIpc) is 3.21. The SMILES string of the molecule is O=C(O)NCc1ccc(C(F)(F)F)cc1.c1c(N2CCOCC2)cn2nc3nc3c12. The molecule has 0 spiro atoms. The highest BCUT2D eigenvalue weighted by atomic mass is 19.4. The molecule has 1 aliphatic rings. The molecule has 1 aromatic carbocycles. The second-order valence-electron chi connectivity index (χ2n) is 6.76. The Morgan fingerprint density at radius 3 is 2.50 bits per heavy atom. The molecule has 0 saturated carbocycles. The number of benzene rings is 1. The maximum absolute atomic E-state index is 12.1. The van der Waals surface area contributed by atoms with Crippen LogP contribution in [0.5, 0.6) is 0 Å². The Balaban J connectivity index is 0.000000145. The van der Waals surface area contributed by atoms with Gasteiger partial charge in [0.1, 0.15) is 5.52 Å². The van der Waals surface area contributed by atoms with E-state index >= 15 is 0 Å². The van der Waals surface area contributed by atoms with Crippen LogP contribution >= 0.6 is 0 Å². The number of ether oxygens (including phenoxy) is 1. The lowest BCUT2D eigenvalue weighted by atomic mass is 10.1. The quantitative estimate of drug-likeness (QED) is 0.528. The molecule has 1 saturated heterocycles. The number of halogens is 3. The third kappa shape index (κ3) is 4.46. The molecule has 11 heteroatoms. The van der Waals surface area contributed by atoms with E-state index in [1.807, 2.05) is 4.52 Å². The fraction of sp³-hybridized carbons (Fsp3) is 0.316. The molecule has 0 unspecified atom stereocenters. The van der Waals surface area contributed by atoms with Crippen molar-refractivity contribution in [2.75, 3.05) is 31.2 Å². The van der Waals surface area contributed by atoms with E-state index in [1.54, 1.807) is 0 Å². The van der Waals surface area contributed by atoms with Crippen LogP contribution in [0.4, 0.5) is 23.7 Å². The molecule has 158 valence electrons. The van der Waals surface area contributed by atoms with Crippen molar-refractivity contribution < 1.29 is 27.8 Å². The zero-order valence-corrected chi connectivity index (χ0v) is 15.7. The van der Waals surface area contributed by atoms with Crippen LogP contribution < -0.4 is 10.2 Å². The van der Waals surface area contributed by atoms with Crippen molar-refractivity contribution in [3.63, 3.8) is 0 Å². The number of aromatic nitrogens is 3. The minimum Gasteiger partial charge on any atom is -0.465 e. The minimum absolute atomic E-state index is 0.00648. The number of hydrogen-bond donors (Lipinski definition) is 2. The third-order valence-corrected chi connectivity index (χ3v) is 4.71. The molecule has 0 aliphatic carbocycles. The molecule has 5 rings (SSSR count). The highest BCUT2D eigenvalue weighted by Crippen LogP contribution is 2.29. The van der Waals surface area contributed by atoms with Crippen molar-refractivity contribution in [1.29, 1.82) is 0 Å². The summed E-state index contributed by atoms with van der Waals surface area (Å²) in [5.74, 6) is 0. The van der Waals surface area contributed by atoms with E-state index in [1.165, 1.54) is 17.8 Å². The van der Waals surface area contributed by atoms with Gasteiger partial charge in [0.15, 0.2) is 0 Å². The first-order valence-electron chi connectivity index (χ1n) is 9.18. The summed E-state index contributed by atoms with van der Waals surface area (Å²) in [6, 6.07) is 6.46. The van der Waals surface area contributed by atoms with Gasteiger partial charge < -0.3 is 20.1 Å². The Kier molecular flexibility index (Phi) is 5.20. The van der Waals surface area contributed by atoms with Gasteiger partial charge in [-0.05, 0) is 23.8 Å². The van der Waals surface area contributed by atoms with Crippen molar-refractivity contribution in [2.45, 2.75) is 12.7 Å². The predicted octanol–water partition coefficient (Wildman–Crippen LogP) is 3.07. The molecule has 1 aliphatic heterocycles. The number of anilines is 1. The Morgan fingerprint density at radius 1 is 1.20 bits per heavy atom. The number of nitrogens with one attached hydrogen (secondary N) is 1. The van der Waals surface area contributed by atoms with Crippen LogP contribution in [-0.2, 0) is 17.5 Å². The van der Waals surface area contributed by atoms with Crippen molar-refractivity contribution in [1.82, 2.24) is 19.9 Å². The van der Waals surface area contributed by atoms with E-state index in [2.05, 4.69) is 32.6 Å². The summed E-state index contributed by atoms with van der Waals surface area (Å²) in [5.41, 5.74) is 4.05. The van der Waals surface area contributed by atoms with E-state index in [4.69, 9.17) is 9.84 Å². The van der Waals surface area contributed by atoms with Gasteiger partial charge in [0.25, 0.3) is 0 Å². The van der Waals surface area contributed by atoms with E-state index in [9.17, 15) is 18.0 Å². The Bertz CT molecular complexity index is 1110. The first kappa shape index (κ1) is 20.0. The smallest absolute Gasteiger partial charge is 0.416 e. The Morgan fingerprint density at radius 2 is 1.90 bits per heavy atom. The van der Waals surface area contributed by atoms with Crippen LogP contribution in [0.3, 0.4) is 0 Å². The molecule has 4 aromatic rings. The summed E-state index contributed by atoms with van der Waals surface area (Å²) in [4.78, 5) is 16.6. The first-order valence-corrected chi connectivity index (χ1v) is 9.18. The molecule has 1 fully saturated rings. The van der Waals surface area contributed by atoms with Gasteiger partial charge in [-0.25, -0.2) is 14.3 Å². The average molecular weight is 421 g/mol. The molecule has 1 amide bonds. The maximum atomic E-state index is 12.1. The Labute approximate surface area is 168 Å². The highest BCUT2D eigenvalue weighted by molar-refractivity contribution is 5.98. The van der Waals surface area contributed by atoms with Crippen LogP contribution in [0.25, 0.3) is 16.7 Å². The first-order chi connectivity index (χ1) is 14.3. The zero-order chi connectivity index (χ0) is 21.3. The lowest BCUT2D eigenvalue weighted by Gasteiger charge is -2.27. The number of hydrogen-bond acceptors (Lipinski definition) is 5. The zero-order valence-electron chi connectivity index (χ0n) is 15.7. The predicted molar refractivity (Wildman–Crippen MR) is 102 cm³/mol. The van der Waals surface area contributed by atoms with Gasteiger partial charge in [0.05, 0.1) is 36.2 Å². The highest BCUT2D eigenvalue weighted by Gasteiger charge is 2.29. The van der Waals surface area contributed by atoms with Gasteiger partial charge in [0.2, 0.25) is 5.65 Å². The number of rotatable bonds is 3. The van der Waals surface area contributed by atoms with Gasteiger partial charge in [-0.2, -0.15) is 13.2 Å². The van der Waals surface area contributed by atoms with Crippen molar-refractivity contribution in [3.05, 3.63) is 47.7 Å².